The molecule has 15 heavy (non-hydrogen) atoms. The molecule has 1 saturated heterocycles. The second-order valence-corrected chi connectivity index (χ2v) is 3.81. The van der Waals surface area contributed by atoms with Crippen LogP contribution in [0.15, 0.2) is 12.3 Å². The Labute approximate surface area is 91.2 Å². The predicted molar refractivity (Wildman–Crippen MR) is 59.7 cm³/mol. The zero-order chi connectivity index (χ0) is 11.3. The largest absolute Gasteiger partial charge is 0.478 e. The van der Waals surface area contributed by atoms with Gasteiger partial charge in [-0.15, -0.1) is 0 Å². The summed E-state index contributed by atoms with van der Waals surface area (Å²) in [5.41, 5.74) is 0. The van der Waals surface area contributed by atoms with E-state index in [2.05, 4.69) is 23.6 Å². The van der Waals surface area contributed by atoms with Crippen LogP contribution in [0, 0.1) is 0 Å². The Morgan fingerprint density at radius 3 is 2.73 bits per heavy atom. The van der Waals surface area contributed by atoms with Gasteiger partial charge < -0.3 is 10.0 Å². The highest BCUT2D eigenvalue weighted by Gasteiger charge is 2.24. The standard InChI is InChI=1S/C11H20N2O2/c1-3-13(4-2)10-5-7-12(9-10)8-6-11(14)15/h6,8,10H,3-5,7,9H2,1-2H3,(H,14,15). The van der Waals surface area contributed by atoms with Crippen molar-refractivity contribution in [2.45, 2.75) is 26.3 Å². The summed E-state index contributed by atoms with van der Waals surface area (Å²) in [5, 5.41) is 8.52. The number of likely N-dealkylation sites (N-methyl/N-ethyl adjacent to an activating group) is 1. The summed E-state index contributed by atoms with van der Waals surface area (Å²) in [4.78, 5) is 14.9. The first kappa shape index (κ1) is 12.0. The molecule has 1 aliphatic rings. The van der Waals surface area contributed by atoms with Gasteiger partial charge >= 0.3 is 5.97 Å². The molecule has 0 aromatic carbocycles. The maximum absolute atomic E-state index is 10.4. The monoisotopic (exact) mass is 212 g/mol. The fraction of sp³-hybridized carbons (Fsp3) is 0.727. The first-order chi connectivity index (χ1) is 7.17. The highest BCUT2D eigenvalue weighted by atomic mass is 16.4. The number of carbonyl (C=O) groups is 1. The maximum atomic E-state index is 10.4. The predicted octanol–water partition coefficient (Wildman–Crippen LogP) is 1.00. The molecule has 0 aliphatic carbocycles. The first-order valence-corrected chi connectivity index (χ1v) is 5.56. The van der Waals surface area contributed by atoms with E-state index in [9.17, 15) is 4.79 Å². The molecule has 1 fully saturated rings. The second-order valence-electron chi connectivity index (χ2n) is 3.81. The third-order valence-electron chi connectivity index (χ3n) is 2.95. The quantitative estimate of drug-likeness (QED) is 0.690. The summed E-state index contributed by atoms with van der Waals surface area (Å²) in [5.74, 6) is -0.874. The molecule has 0 amide bonds. The zero-order valence-electron chi connectivity index (χ0n) is 9.52. The molecule has 1 aliphatic heterocycles. The van der Waals surface area contributed by atoms with Crippen molar-refractivity contribution in [3.05, 3.63) is 12.3 Å². The summed E-state index contributed by atoms with van der Waals surface area (Å²) in [6.07, 6.45) is 4.03. The average Bonchev–Trinajstić information content (AvgIpc) is 2.65. The molecule has 0 aromatic heterocycles. The van der Waals surface area contributed by atoms with E-state index in [1.54, 1.807) is 6.20 Å². The third kappa shape index (κ3) is 3.55. The molecule has 86 valence electrons. The fourth-order valence-corrected chi connectivity index (χ4v) is 2.11. The Morgan fingerprint density at radius 2 is 2.20 bits per heavy atom. The number of hydrogen-bond acceptors (Lipinski definition) is 3. The number of nitrogens with zero attached hydrogens (tertiary/aromatic N) is 2. The smallest absolute Gasteiger partial charge is 0.329 e. The summed E-state index contributed by atoms with van der Waals surface area (Å²) in [6.45, 7) is 8.38. The minimum atomic E-state index is -0.874. The maximum Gasteiger partial charge on any atom is 0.329 e. The lowest BCUT2D eigenvalue weighted by atomic mass is 10.2. The highest BCUT2D eigenvalue weighted by Crippen LogP contribution is 2.15. The van der Waals surface area contributed by atoms with E-state index in [0.29, 0.717) is 6.04 Å². The van der Waals surface area contributed by atoms with Crippen LogP contribution in [0.3, 0.4) is 0 Å². The van der Waals surface area contributed by atoms with Crippen LogP contribution < -0.4 is 0 Å². The van der Waals surface area contributed by atoms with Gasteiger partial charge in [0.25, 0.3) is 0 Å². The van der Waals surface area contributed by atoms with Crippen LogP contribution in [0.5, 0.6) is 0 Å². The average molecular weight is 212 g/mol. The van der Waals surface area contributed by atoms with Gasteiger partial charge in [0.05, 0.1) is 0 Å². The summed E-state index contributed by atoms with van der Waals surface area (Å²) in [7, 11) is 0. The topological polar surface area (TPSA) is 43.8 Å². The van der Waals surface area contributed by atoms with Crippen LogP contribution in [-0.4, -0.2) is 53.1 Å². The number of carboxylic acid groups (broad SMARTS) is 1. The van der Waals surface area contributed by atoms with Gasteiger partial charge in [0.1, 0.15) is 0 Å². The van der Waals surface area contributed by atoms with Crippen LogP contribution in [-0.2, 0) is 4.79 Å². The molecule has 0 saturated carbocycles. The molecule has 1 heterocycles. The number of aliphatic carboxylic acids is 1. The number of likely N-dealkylation sites (tertiary alicyclic amines) is 1. The molecule has 4 nitrogen and oxygen atoms in total. The van der Waals surface area contributed by atoms with Gasteiger partial charge in [-0.25, -0.2) is 4.79 Å². The van der Waals surface area contributed by atoms with E-state index in [0.717, 1.165) is 32.6 Å². The molecule has 0 aromatic rings. The van der Waals surface area contributed by atoms with E-state index in [4.69, 9.17) is 5.11 Å². The van der Waals surface area contributed by atoms with Gasteiger partial charge in [-0.1, -0.05) is 13.8 Å². The van der Waals surface area contributed by atoms with Gasteiger partial charge in [-0.3, -0.25) is 4.90 Å². The van der Waals surface area contributed by atoms with Crippen molar-refractivity contribution in [1.29, 1.82) is 0 Å². The molecule has 1 rings (SSSR count). The van der Waals surface area contributed by atoms with E-state index >= 15 is 0 Å². The van der Waals surface area contributed by atoms with Crippen molar-refractivity contribution in [2.75, 3.05) is 26.2 Å². The minimum absolute atomic E-state index is 0.582. The lowest BCUT2D eigenvalue weighted by Crippen LogP contribution is -2.36. The molecular formula is C11H20N2O2. The Hall–Kier alpha value is -1.03. The van der Waals surface area contributed by atoms with Crippen molar-refractivity contribution in [2.24, 2.45) is 0 Å². The van der Waals surface area contributed by atoms with Gasteiger partial charge in [0.2, 0.25) is 0 Å². The van der Waals surface area contributed by atoms with Crippen molar-refractivity contribution in [3.63, 3.8) is 0 Å². The first-order valence-electron chi connectivity index (χ1n) is 5.56. The Kier molecular flexibility index (Phi) is 4.62. The fourth-order valence-electron chi connectivity index (χ4n) is 2.11. The van der Waals surface area contributed by atoms with E-state index in [-0.39, 0.29) is 0 Å². The van der Waals surface area contributed by atoms with Crippen LogP contribution in [0.1, 0.15) is 20.3 Å². The summed E-state index contributed by atoms with van der Waals surface area (Å²) < 4.78 is 0. The third-order valence-corrected chi connectivity index (χ3v) is 2.95. The molecule has 1 atom stereocenters. The summed E-state index contributed by atoms with van der Waals surface area (Å²) >= 11 is 0. The van der Waals surface area contributed by atoms with Crippen LogP contribution >= 0.6 is 0 Å². The van der Waals surface area contributed by atoms with Crippen LogP contribution in [0.25, 0.3) is 0 Å². The van der Waals surface area contributed by atoms with Crippen LogP contribution in [0.2, 0.25) is 0 Å². The Morgan fingerprint density at radius 1 is 1.53 bits per heavy atom. The van der Waals surface area contributed by atoms with Gasteiger partial charge in [-0.05, 0) is 19.5 Å². The number of hydrogen-bond donors (Lipinski definition) is 1. The minimum Gasteiger partial charge on any atom is -0.478 e. The Bertz CT molecular complexity index is 237. The second kappa shape index (κ2) is 5.75. The normalized spacial score (nSPS) is 21.8. The molecule has 0 spiro atoms. The van der Waals surface area contributed by atoms with E-state index in [1.165, 1.54) is 6.08 Å². The van der Waals surface area contributed by atoms with Crippen LogP contribution in [0.4, 0.5) is 0 Å². The zero-order valence-corrected chi connectivity index (χ0v) is 9.52. The number of carboxylic acids is 1. The molecule has 4 heteroatoms. The van der Waals surface area contributed by atoms with Crippen molar-refractivity contribution in [1.82, 2.24) is 9.80 Å². The molecule has 1 N–H and O–H groups in total. The molecular weight excluding hydrogens is 192 g/mol. The Balaban J connectivity index is 2.41. The lowest BCUT2D eigenvalue weighted by molar-refractivity contribution is -0.131. The van der Waals surface area contributed by atoms with Crippen molar-refractivity contribution in [3.8, 4) is 0 Å². The van der Waals surface area contributed by atoms with E-state index < -0.39 is 5.97 Å². The SMILES string of the molecule is CCN(CC)C1CCN(C=CC(=O)O)C1. The van der Waals surface area contributed by atoms with Gasteiger partial charge in [0, 0.05) is 31.4 Å². The highest BCUT2D eigenvalue weighted by molar-refractivity contribution is 5.79. The van der Waals surface area contributed by atoms with Crippen molar-refractivity contribution < 1.29 is 9.90 Å². The number of rotatable bonds is 5. The van der Waals surface area contributed by atoms with Gasteiger partial charge in [-0.2, -0.15) is 0 Å². The lowest BCUT2D eigenvalue weighted by Gasteiger charge is -2.25. The van der Waals surface area contributed by atoms with Gasteiger partial charge in [0.15, 0.2) is 0 Å². The molecule has 0 bridgehead atoms. The molecule has 0 radical (unpaired) electrons. The van der Waals surface area contributed by atoms with E-state index in [1.807, 2.05) is 0 Å². The molecule has 1 unspecified atom stereocenters. The summed E-state index contributed by atoms with van der Waals surface area (Å²) in [6, 6.07) is 0.582. The van der Waals surface area contributed by atoms with Crippen molar-refractivity contribution >= 4 is 5.97 Å².